The highest BCUT2D eigenvalue weighted by Crippen LogP contribution is 2.27. The van der Waals surface area contributed by atoms with Gasteiger partial charge in [0, 0.05) is 12.0 Å². The van der Waals surface area contributed by atoms with Gasteiger partial charge in [-0.2, -0.15) is 0 Å². The van der Waals surface area contributed by atoms with Crippen molar-refractivity contribution in [1.29, 1.82) is 0 Å². The van der Waals surface area contributed by atoms with Crippen LogP contribution < -0.4 is 5.73 Å². The van der Waals surface area contributed by atoms with E-state index in [-0.39, 0.29) is 10.9 Å². The Hall–Kier alpha value is -1.13. The Morgan fingerprint density at radius 1 is 1.56 bits per heavy atom. The third-order valence-electron chi connectivity index (χ3n) is 2.47. The van der Waals surface area contributed by atoms with Crippen molar-refractivity contribution in [2.24, 2.45) is 5.73 Å². The molecule has 16 heavy (non-hydrogen) atoms. The molecule has 0 aliphatic carbocycles. The number of benzene rings is 1. The van der Waals surface area contributed by atoms with Gasteiger partial charge in [-0.25, -0.2) is 9.37 Å². The molecule has 3 nitrogen and oxygen atoms in total. The fraction of sp³-hybridized carbons (Fsp3) is 0.364. The van der Waals surface area contributed by atoms with Crippen LogP contribution in [0.1, 0.15) is 25.2 Å². The molecular weight excluding hydrogens is 231 g/mol. The van der Waals surface area contributed by atoms with Crippen LogP contribution in [-0.2, 0) is 0 Å². The highest BCUT2D eigenvalue weighted by Gasteiger charge is 2.14. The van der Waals surface area contributed by atoms with Crippen molar-refractivity contribution < 1.29 is 8.81 Å². The average molecular weight is 243 g/mol. The van der Waals surface area contributed by atoms with Crippen LogP contribution in [0.15, 0.2) is 16.5 Å². The third-order valence-corrected chi connectivity index (χ3v) is 2.76. The van der Waals surface area contributed by atoms with Crippen LogP contribution in [0.2, 0.25) is 5.02 Å². The zero-order valence-electron chi connectivity index (χ0n) is 8.84. The molecule has 1 heterocycles. The van der Waals surface area contributed by atoms with Gasteiger partial charge in [0.2, 0.25) is 0 Å². The molecule has 0 amide bonds. The van der Waals surface area contributed by atoms with Crippen LogP contribution in [-0.4, -0.2) is 11.5 Å². The Balaban J connectivity index is 2.43. The maximum absolute atomic E-state index is 13.2. The maximum Gasteiger partial charge on any atom is 0.198 e. The van der Waals surface area contributed by atoms with E-state index in [0.717, 1.165) is 6.42 Å². The highest BCUT2D eigenvalue weighted by atomic mass is 35.5. The van der Waals surface area contributed by atoms with Crippen molar-refractivity contribution in [3.05, 3.63) is 28.9 Å². The standard InChI is InChI=1S/C11H12ClFN2O/c1-6(2-3-14)11-15-9-4-7(12)8(13)5-10(9)16-11/h4-6H,2-3,14H2,1H3. The molecule has 5 heteroatoms. The molecule has 1 unspecified atom stereocenters. The van der Waals surface area contributed by atoms with Gasteiger partial charge in [0.15, 0.2) is 11.5 Å². The minimum absolute atomic E-state index is 0.0545. The maximum atomic E-state index is 13.2. The Labute approximate surface area is 97.4 Å². The first-order valence-electron chi connectivity index (χ1n) is 5.07. The summed E-state index contributed by atoms with van der Waals surface area (Å²) in [7, 11) is 0. The molecule has 0 aliphatic rings. The lowest BCUT2D eigenvalue weighted by molar-refractivity contribution is 0.472. The number of halogens is 2. The van der Waals surface area contributed by atoms with E-state index in [2.05, 4.69) is 4.98 Å². The first kappa shape index (κ1) is 11.4. The predicted molar refractivity (Wildman–Crippen MR) is 61.1 cm³/mol. The molecule has 0 fully saturated rings. The largest absolute Gasteiger partial charge is 0.440 e. The van der Waals surface area contributed by atoms with E-state index in [4.69, 9.17) is 21.8 Å². The van der Waals surface area contributed by atoms with Crippen molar-refractivity contribution in [2.45, 2.75) is 19.3 Å². The molecule has 1 aromatic carbocycles. The molecule has 86 valence electrons. The molecular formula is C11H12ClFN2O. The first-order valence-corrected chi connectivity index (χ1v) is 5.45. The second-order valence-corrected chi connectivity index (χ2v) is 4.17. The lowest BCUT2D eigenvalue weighted by atomic mass is 10.1. The predicted octanol–water partition coefficient (Wildman–Crippen LogP) is 3.07. The fourth-order valence-corrected chi connectivity index (χ4v) is 1.68. The molecule has 2 N–H and O–H groups in total. The number of nitrogens with zero attached hydrogens (tertiary/aromatic N) is 1. The number of rotatable bonds is 3. The second kappa shape index (κ2) is 4.39. The third kappa shape index (κ3) is 2.03. The summed E-state index contributed by atoms with van der Waals surface area (Å²) in [6.45, 7) is 2.53. The molecule has 0 radical (unpaired) electrons. The monoisotopic (exact) mass is 242 g/mol. The number of hydrogen-bond acceptors (Lipinski definition) is 3. The summed E-state index contributed by atoms with van der Waals surface area (Å²) in [5, 5.41) is 0.0545. The molecule has 2 rings (SSSR count). The van der Waals surface area contributed by atoms with Crippen molar-refractivity contribution >= 4 is 22.7 Å². The van der Waals surface area contributed by atoms with Gasteiger partial charge < -0.3 is 10.2 Å². The molecule has 1 atom stereocenters. The number of fused-ring (bicyclic) bond motifs is 1. The van der Waals surface area contributed by atoms with Crippen LogP contribution in [0.3, 0.4) is 0 Å². The van der Waals surface area contributed by atoms with E-state index in [1.165, 1.54) is 12.1 Å². The zero-order chi connectivity index (χ0) is 11.7. The summed E-state index contributed by atoms with van der Waals surface area (Å²) in [5.74, 6) is 0.199. The lowest BCUT2D eigenvalue weighted by Gasteiger charge is -2.02. The minimum atomic E-state index is -0.497. The smallest absolute Gasteiger partial charge is 0.198 e. The van der Waals surface area contributed by atoms with E-state index in [1.807, 2.05) is 6.92 Å². The molecule has 0 saturated heterocycles. The van der Waals surface area contributed by atoms with E-state index in [1.54, 1.807) is 0 Å². The number of nitrogens with two attached hydrogens (primary N) is 1. The second-order valence-electron chi connectivity index (χ2n) is 3.76. The number of aromatic nitrogens is 1. The normalized spacial score (nSPS) is 13.2. The van der Waals surface area contributed by atoms with Gasteiger partial charge in [-0.3, -0.25) is 0 Å². The van der Waals surface area contributed by atoms with Crippen molar-refractivity contribution in [3.8, 4) is 0 Å². The number of oxazole rings is 1. The van der Waals surface area contributed by atoms with Gasteiger partial charge >= 0.3 is 0 Å². The molecule has 0 spiro atoms. The summed E-state index contributed by atoms with van der Waals surface area (Å²) in [4.78, 5) is 4.26. The van der Waals surface area contributed by atoms with E-state index >= 15 is 0 Å². The minimum Gasteiger partial charge on any atom is -0.440 e. The van der Waals surface area contributed by atoms with Crippen LogP contribution >= 0.6 is 11.6 Å². The van der Waals surface area contributed by atoms with Gasteiger partial charge in [0.25, 0.3) is 0 Å². The SMILES string of the molecule is CC(CCN)c1nc2cc(Cl)c(F)cc2o1. The van der Waals surface area contributed by atoms with E-state index in [0.29, 0.717) is 23.5 Å². The van der Waals surface area contributed by atoms with Crippen LogP contribution in [0.5, 0.6) is 0 Å². The molecule has 1 aromatic heterocycles. The Morgan fingerprint density at radius 2 is 2.31 bits per heavy atom. The highest BCUT2D eigenvalue weighted by molar-refractivity contribution is 6.31. The summed E-state index contributed by atoms with van der Waals surface area (Å²) in [5.41, 5.74) is 6.45. The molecule has 0 saturated carbocycles. The van der Waals surface area contributed by atoms with Crippen molar-refractivity contribution in [2.75, 3.05) is 6.54 Å². The number of hydrogen-bond donors (Lipinski definition) is 1. The summed E-state index contributed by atoms with van der Waals surface area (Å²) in [6.07, 6.45) is 0.781. The van der Waals surface area contributed by atoms with E-state index < -0.39 is 5.82 Å². The van der Waals surface area contributed by atoms with Gasteiger partial charge in [0.05, 0.1) is 5.02 Å². The Kier molecular flexibility index (Phi) is 3.12. The van der Waals surface area contributed by atoms with Gasteiger partial charge in [-0.05, 0) is 19.0 Å². The average Bonchev–Trinajstić information content (AvgIpc) is 2.62. The van der Waals surface area contributed by atoms with Gasteiger partial charge in [0.1, 0.15) is 11.3 Å². The van der Waals surface area contributed by atoms with Crippen molar-refractivity contribution in [3.63, 3.8) is 0 Å². The van der Waals surface area contributed by atoms with Crippen LogP contribution in [0.4, 0.5) is 4.39 Å². The van der Waals surface area contributed by atoms with E-state index in [9.17, 15) is 4.39 Å². The lowest BCUT2D eigenvalue weighted by Crippen LogP contribution is -2.04. The quantitative estimate of drug-likeness (QED) is 0.900. The summed E-state index contributed by atoms with van der Waals surface area (Å²) < 4.78 is 18.6. The topological polar surface area (TPSA) is 52.0 Å². The Bertz CT molecular complexity index is 473. The fourth-order valence-electron chi connectivity index (χ4n) is 1.53. The van der Waals surface area contributed by atoms with Crippen LogP contribution in [0, 0.1) is 5.82 Å². The summed E-state index contributed by atoms with van der Waals surface area (Å²) in [6, 6.07) is 2.72. The zero-order valence-corrected chi connectivity index (χ0v) is 9.59. The molecule has 0 aliphatic heterocycles. The Morgan fingerprint density at radius 3 is 3.00 bits per heavy atom. The first-order chi connectivity index (χ1) is 7.61. The summed E-state index contributed by atoms with van der Waals surface area (Å²) >= 11 is 5.66. The van der Waals surface area contributed by atoms with Crippen molar-refractivity contribution in [1.82, 2.24) is 4.98 Å². The van der Waals surface area contributed by atoms with Crippen LogP contribution in [0.25, 0.3) is 11.1 Å². The van der Waals surface area contributed by atoms with Gasteiger partial charge in [-0.15, -0.1) is 0 Å². The van der Waals surface area contributed by atoms with Gasteiger partial charge in [-0.1, -0.05) is 18.5 Å². The molecule has 2 aromatic rings. The molecule has 0 bridgehead atoms.